The molecule has 0 aliphatic carbocycles. The number of aliphatic hydroxyl groups excluding tert-OH is 1. The van der Waals surface area contributed by atoms with E-state index in [2.05, 4.69) is 21.8 Å². The molecule has 2 nitrogen and oxygen atoms in total. The largest absolute Gasteiger partial charge is 0.387 e. The van der Waals surface area contributed by atoms with Crippen LogP contribution in [0.1, 0.15) is 29.3 Å². The molecule has 0 fully saturated rings. The molecule has 0 saturated carbocycles. The van der Waals surface area contributed by atoms with Crippen molar-refractivity contribution in [1.82, 2.24) is 4.98 Å². The Morgan fingerprint density at radius 3 is 2.88 bits per heavy atom. The van der Waals surface area contributed by atoms with Crippen molar-refractivity contribution >= 4 is 11.3 Å². The molecule has 84 valence electrons. The van der Waals surface area contributed by atoms with E-state index in [1.807, 2.05) is 19.1 Å². The van der Waals surface area contributed by atoms with Crippen molar-refractivity contribution in [2.75, 3.05) is 0 Å². The van der Waals surface area contributed by atoms with E-state index in [1.54, 1.807) is 17.5 Å². The normalized spacial score (nSPS) is 12.6. The fourth-order valence-corrected chi connectivity index (χ4v) is 2.27. The molecule has 0 aliphatic heterocycles. The summed E-state index contributed by atoms with van der Waals surface area (Å²) in [6.07, 6.45) is 2.97. The maximum atomic E-state index is 9.95. The van der Waals surface area contributed by atoms with Crippen LogP contribution in [0.15, 0.2) is 35.2 Å². The van der Waals surface area contributed by atoms with E-state index in [4.69, 9.17) is 0 Å². The molecule has 2 rings (SSSR count). The Morgan fingerprint density at radius 1 is 1.38 bits per heavy atom. The average Bonchev–Trinajstić information content (AvgIpc) is 2.80. The highest BCUT2D eigenvalue weighted by Gasteiger charge is 2.08. The predicted molar refractivity (Wildman–Crippen MR) is 66.6 cm³/mol. The van der Waals surface area contributed by atoms with Gasteiger partial charge in [0.15, 0.2) is 0 Å². The fourth-order valence-electron chi connectivity index (χ4n) is 1.56. The van der Waals surface area contributed by atoms with Gasteiger partial charge in [-0.3, -0.25) is 4.98 Å². The third kappa shape index (κ3) is 2.90. The van der Waals surface area contributed by atoms with Gasteiger partial charge in [0.05, 0.1) is 11.8 Å². The number of nitrogens with zero attached hydrogens (tertiary/aromatic N) is 1. The zero-order valence-electron chi connectivity index (χ0n) is 9.26. The highest BCUT2D eigenvalue weighted by molar-refractivity contribution is 7.07. The third-order valence-corrected chi connectivity index (χ3v) is 3.29. The monoisotopic (exact) mass is 233 g/mol. The Labute approximate surface area is 99.6 Å². The maximum Gasteiger partial charge on any atom is 0.0962 e. The van der Waals surface area contributed by atoms with E-state index in [0.717, 1.165) is 24.1 Å². The highest BCUT2D eigenvalue weighted by atomic mass is 32.1. The second-order valence-corrected chi connectivity index (χ2v) is 4.73. The summed E-state index contributed by atoms with van der Waals surface area (Å²) in [5, 5.41) is 14.1. The van der Waals surface area contributed by atoms with E-state index >= 15 is 0 Å². The molecule has 0 saturated heterocycles. The van der Waals surface area contributed by atoms with Gasteiger partial charge < -0.3 is 5.11 Å². The first kappa shape index (κ1) is 11.3. The van der Waals surface area contributed by atoms with Crippen molar-refractivity contribution in [3.05, 3.63) is 52.0 Å². The number of aromatic nitrogens is 1. The quantitative estimate of drug-likeness (QED) is 0.880. The Bertz CT molecular complexity index is 422. The van der Waals surface area contributed by atoms with Crippen LogP contribution in [0, 0.1) is 6.92 Å². The molecule has 0 bridgehead atoms. The zero-order valence-corrected chi connectivity index (χ0v) is 10.1. The first-order valence-electron chi connectivity index (χ1n) is 5.37. The highest BCUT2D eigenvalue weighted by Crippen LogP contribution is 2.18. The number of aliphatic hydroxyl groups is 1. The number of aryl methyl sites for hydroxylation is 2. The number of hydrogen-bond donors (Lipinski definition) is 1. The van der Waals surface area contributed by atoms with Gasteiger partial charge in [0, 0.05) is 6.20 Å². The summed E-state index contributed by atoms with van der Waals surface area (Å²) in [6.45, 7) is 1.99. The molecular formula is C13H15NOS. The smallest absolute Gasteiger partial charge is 0.0962 e. The SMILES string of the molecule is Cc1ccc(C(O)CCc2ccsc2)nc1. The minimum atomic E-state index is -0.458. The van der Waals surface area contributed by atoms with Gasteiger partial charge in [-0.2, -0.15) is 11.3 Å². The summed E-state index contributed by atoms with van der Waals surface area (Å²) >= 11 is 1.69. The van der Waals surface area contributed by atoms with Crippen molar-refractivity contribution in [3.63, 3.8) is 0 Å². The summed E-state index contributed by atoms with van der Waals surface area (Å²) in [5.41, 5.74) is 3.17. The van der Waals surface area contributed by atoms with Crippen LogP contribution in [0.4, 0.5) is 0 Å². The van der Waals surface area contributed by atoms with Gasteiger partial charge in [-0.15, -0.1) is 0 Å². The second-order valence-electron chi connectivity index (χ2n) is 3.95. The molecule has 0 aliphatic rings. The minimum Gasteiger partial charge on any atom is -0.387 e. The van der Waals surface area contributed by atoms with Crippen LogP contribution in [0.2, 0.25) is 0 Å². The van der Waals surface area contributed by atoms with E-state index < -0.39 is 6.10 Å². The van der Waals surface area contributed by atoms with Crippen molar-refractivity contribution in [2.45, 2.75) is 25.9 Å². The van der Waals surface area contributed by atoms with Crippen LogP contribution >= 0.6 is 11.3 Å². The molecule has 0 amide bonds. The Kier molecular flexibility index (Phi) is 3.70. The van der Waals surface area contributed by atoms with Crippen LogP contribution in [-0.2, 0) is 6.42 Å². The molecule has 2 aromatic rings. The van der Waals surface area contributed by atoms with Gasteiger partial charge in [0.1, 0.15) is 0 Å². The molecule has 0 spiro atoms. The van der Waals surface area contributed by atoms with E-state index in [1.165, 1.54) is 5.56 Å². The van der Waals surface area contributed by atoms with Crippen LogP contribution < -0.4 is 0 Å². The van der Waals surface area contributed by atoms with Crippen LogP contribution in [-0.4, -0.2) is 10.1 Å². The number of thiophene rings is 1. The topological polar surface area (TPSA) is 33.1 Å². The van der Waals surface area contributed by atoms with Crippen molar-refractivity contribution in [2.24, 2.45) is 0 Å². The van der Waals surface area contributed by atoms with E-state index in [9.17, 15) is 5.11 Å². The van der Waals surface area contributed by atoms with Crippen molar-refractivity contribution in [1.29, 1.82) is 0 Å². The summed E-state index contributed by atoms with van der Waals surface area (Å²) < 4.78 is 0. The minimum absolute atomic E-state index is 0.458. The lowest BCUT2D eigenvalue weighted by molar-refractivity contribution is 0.163. The summed E-state index contributed by atoms with van der Waals surface area (Å²) in [5.74, 6) is 0. The average molecular weight is 233 g/mol. The van der Waals surface area contributed by atoms with Crippen LogP contribution in [0.3, 0.4) is 0 Å². The van der Waals surface area contributed by atoms with Crippen LogP contribution in [0.25, 0.3) is 0 Å². The number of rotatable bonds is 4. The third-order valence-electron chi connectivity index (χ3n) is 2.56. The summed E-state index contributed by atoms with van der Waals surface area (Å²) in [6, 6.07) is 5.98. The second kappa shape index (κ2) is 5.23. The Balaban J connectivity index is 1.93. The Hall–Kier alpha value is -1.19. The Morgan fingerprint density at radius 2 is 2.25 bits per heavy atom. The van der Waals surface area contributed by atoms with Crippen molar-refractivity contribution in [3.8, 4) is 0 Å². The zero-order chi connectivity index (χ0) is 11.4. The molecule has 3 heteroatoms. The fraction of sp³-hybridized carbons (Fsp3) is 0.308. The first-order valence-corrected chi connectivity index (χ1v) is 6.31. The van der Waals surface area contributed by atoms with Gasteiger partial charge in [-0.25, -0.2) is 0 Å². The summed E-state index contributed by atoms with van der Waals surface area (Å²) in [4.78, 5) is 4.23. The lowest BCUT2D eigenvalue weighted by Crippen LogP contribution is -2.01. The van der Waals surface area contributed by atoms with Crippen LogP contribution in [0.5, 0.6) is 0 Å². The van der Waals surface area contributed by atoms with Gasteiger partial charge in [0.25, 0.3) is 0 Å². The lowest BCUT2D eigenvalue weighted by atomic mass is 10.1. The molecule has 0 radical (unpaired) electrons. The van der Waals surface area contributed by atoms with Gasteiger partial charge in [0.2, 0.25) is 0 Å². The molecule has 0 aromatic carbocycles. The van der Waals surface area contributed by atoms with E-state index in [-0.39, 0.29) is 0 Å². The first-order chi connectivity index (χ1) is 7.75. The number of pyridine rings is 1. The van der Waals surface area contributed by atoms with Crippen molar-refractivity contribution < 1.29 is 5.11 Å². The molecule has 2 aromatic heterocycles. The molecular weight excluding hydrogens is 218 g/mol. The standard InChI is InChI=1S/C13H15NOS/c1-10-2-4-12(14-8-10)13(15)5-3-11-6-7-16-9-11/h2,4,6-9,13,15H,3,5H2,1H3. The number of hydrogen-bond acceptors (Lipinski definition) is 3. The molecule has 1 N–H and O–H groups in total. The van der Waals surface area contributed by atoms with E-state index in [0.29, 0.717) is 0 Å². The molecule has 16 heavy (non-hydrogen) atoms. The molecule has 1 unspecified atom stereocenters. The molecule has 2 heterocycles. The lowest BCUT2D eigenvalue weighted by Gasteiger charge is -2.09. The molecule has 1 atom stereocenters. The maximum absolute atomic E-state index is 9.95. The summed E-state index contributed by atoms with van der Waals surface area (Å²) in [7, 11) is 0. The van der Waals surface area contributed by atoms with Gasteiger partial charge in [-0.1, -0.05) is 6.07 Å². The predicted octanol–water partition coefficient (Wildman–Crippen LogP) is 3.12. The van der Waals surface area contributed by atoms with Gasteiger partial charge in [-0.05, 0) is 53.8 Å². The van der Waals surface area contributed by atoms with Gasteiger partial charge >= 0.3 is 0 Å².